The van der Waals surface area contributed by atoms with Crippen LogP contribution in [0.3, 0.4) is 0 Å². The number of nitrogens with one attached hydrogen (secondary N) is 1. The topological polar surface area (TPSA) is 33.7 Å². The summed E-state index contributed by atoms with van der Waals surface area (Å²) in [5.74, 6) is 0.877. The van der Waals surface area contributed by atoms with E-state index in [4.69, 9.17) is 9.05 Å². The first-order valence-corrected chi connectivity index (χ1v) is 9.17. The highest BCUT2D eigenvalue weighted by molar-refractivity contribution is 7.47. The first kappa shape index (κ1) is 15.7. The largest absolute Gasteiger partial charge is 0.333 e. The molecule has 0 aromatic rings. The Balaban J connectivity index is 1.60. The molecule has 0 amide bonds. The lowest BCUT2D eigenvalue weighted by Gasteiger charge is -2.33. The first-order chi connectivity index (χ1) is 9.31. The predicted molar refractivity (Wildman–Crippen MR) is 80.4 cm³/mol. The highest BCUT2D eigenvalue weighted by Crippen LogP contribution is 2.39. The lowest BCUT2D eigenvalue weighted by molar-refractivity contribution is 0.186. The Morgan fingerprint density at radius 1 is 1.05 bits per heavy atom. The molecule has 2 aliphatic rings. The van der Waals surface area contributed by atoms with Gasteiger partial charge in [0.15, 0.2) is 8.38 Å². The molecular formula is C14H29N2O2P. The summed E-state index contributed by atoms with van der Waals surface area (Å²) in [4.78, 5) is 2.52. The van der Waals surface area contributed by atoms with E-state index < -0.39 is 8.38 Å². The Bertz CT molecular complexity index is 238. The molecular weight excluding hydrogens is 259 g/mol. The molecule has 19 heavy (non-hydrogen) atoms. The van der Waals surface area contributed by atoms with Crippen molar-refractivity contribution in [2.24, 2.45) is 5.92 Å². The highest BCUT2D eigenvalue weighted by atomic mass is 31.2. The van der Waals surface area contributed by atoms with Crippen LogP contribution < -0.4 is 5.32 Å². The first-order valence-electron chi connectivity index (χ1n) is 7.81. The van der Waals surface area contributed by atoms with Gasteiger partial charge in [0.2, 0.25) is 0 Å². The predicted octanol–water partition coefficient (Wildman–Crippen LogP) is 2.79. The zero-order valence-corrected chi connectivity index (χ0v) is 13.3. The molecule has 0 radical (unpaired) electrons. The van der Waals surface area contributed by atoms with Crippen molar-refractivity contribution < 1.29 is 9.05 Å². The standard InChI is InChI=1S/C14H29N2O2P/c1-3-17-19(18-4-2)12-16-9-7-13(8-10-16)11-15-14-5-6-14/h13-15H,3-12H2,1-2H3. The van der Waals surface area contributed by atoms with Crippen LogP contribution in [0, 0.1) is 5.92 Å². The summed E-state index contributed by atoms with van der Waals surface area (Å²) in [5.41, 5.74) is 0. The Morgan fingerprint density at radius 3 is 2.21 bits per heavy atom. The lowest BCUT2D eigenvalue weighted by Crippen LogP contribution is -2.38. The number of hydrogen-bond acceptors (Lipinski definition) is 4. The van der Waals surface area contributed by atoms with E-state index in [0.29, 0.717) is 0 Å². The zero-order valence-electron chi connectivity index (χ0n) is 12.4. The molecule has 1 N–H and O–H groups in total. The van der Waals surface area contributed by atoms with Gasteiger partial charge in [0, 0.05) is 6.04 Å². The van der Waals surface area contributed by atoms with Gasteiger partial charge in [0.05, 0.1) is 19.5 Å². The fourth-order valence-electron chi connectivity index (χ4n) is 2.52. The summed E-state index contributed by atoms with van der Waals surface area (Å²) in [6.07, 6.45) is 6.42. The van der Waals surface area contributed by atoms with Gasteiger partial charge in [-0.1, -0.05) is 0 Å². The van der Waals surface area contributed by atoms with Gasteiger partial charge < -0.3 is 14.4 Å². The molecule has 0 unspecified atom stereocenters. The average molecular weight is 288 g/mol. The van der Waals surface area contributed by atoms with Crippen LogP contribution in [0.15, 0.2) is 0 Å². The minimum absolute atomic E-state index is 0.696. The van der Waals surface area contributed by atoms with Gasteiger partial charge in [0.1, 0.15) is 0 Å². The molecule has 0 aromatic carbocycles. The maximum absolute atomic E-state index is 5.69. The molecule has 1 aliphatic carbocycles. The van der Waals surface area contributed by atoms with Crippen molar-refractivity contribution >= 4 is 8.38 Å². The number of rotatable bonds is 9. The number of piperidine rings is 1. The van der Waals surface area contributed by atoms with Gasteiger partial charge in [-0.05, 0) is 65.1 Å². The van der Waals surface area contributed by atoms with Crippen molar-refractivity contribution in [3.8, 4) is 0 Å². The van der Waals surface area contributed by atoms with Gasteiger partial charge in [-0.3, -0.25) is 4.90 Å². The van der Waals surface area contributed by atoms with Gasteiger partial charge in [-0.15, -0.1) is 0 Å². The third-order valence-electron chi connectivity index (χ3n) is 3.84. The fourth-order valence-corrected chi connectivity index (χ4v) is 3.95. The number of hydrogen-bond donors (Lipinski definition) is 1. The quantitative estimate of drug-likeness (QED) is 0.662. The summed E-state index contributed by atoms with van der Waals surface area (Å²) in [6, 6.07) is 0.849. The Morgan fingerprint density at radius 2 is 1.68 bits per heavy atom. The molecule has 0 spiro atoms. The smallest absolute Gasteiger partial charge is 0.185 e. The Labute approximate surface area is 119 Å². The van der Waals surface area contributed by atoms with Crippen molar-refractivity contribution in [3.05, 3.63) is 0 Å². The van der Waals surface area contributed by atoms with Crippen LogP contribution in [0.2, 0.25) is 0 Å². The molecule has 1 heterocycles. The zero-order chi connectivity index (χ0) is 13.5. The van der Waals surface area contributed by atoms with E-state index >= 15 is 0 Å². The molecule has 1 saturated carbocycles. The van der Waals surface area contributed by atoms with Crippen molar-refractivity contribution in [2.45, 2.75) is 45.6 Å². The second kappa shape index (κ2) is 8.53. The molecule has 5 heteroatoms. The Kier molecular flexibility index (Phi) is 7.03. The second-order valence-corrected chi connectivity index (χ2v) is 7.02. The van der Waals surface area contributed by atoms with Gasteiger partial charge in [-0.25, -0.2) is 0 Å². The molecule has 0 aromatic heterocycles. The molecule has 2 fully saturated rings. The Hall–Kier alpha value is 0.270. The number of nitrogens with zero attached hydrogens (tertiary/aromatic N) is 1. The average Bonchev–Trinajstić information content (AvgIpc) is 3.23. The monoisotopic (exact) mass is 288 g/mol. The van der Waals surface area contributed by atoms with Gasteiger partial charge in [0.25, 0.3) is 0 Å². The van der Waals surface area contributed by atoms with Crippen LogP contribution in [-0.4, -0.2) is 50.1 Å². The van der Waals surface area contributed by atoms with Crippen LogP contribution in [0.25, 0.3) is 0 Å². The second-order valence-electron chi connectivity index (χ2n) is 5.55. The summed E-state index contributed by atoms with van der Waals surface area (Å²) >= 11 is 0. The third-order valence-corrected chi connectivity index (χ3v) is 5.56. The fraction of sp³-hybridized carbons (Fsp3) is 1.00. The maximum Gasteiger partial charge on any atom is 0.185 e. The van der Waals surface area contributed by atoms with Crippen molar-refractivity contribution in [1.29, 1.82) is 0 Å². The van der Waals surface area contributed by atoms with Gasteiger partial charge >= 0.3 is 0 Å². The summed E-state index contributed by atoms with van der Waals surface area (Å²) in [6.45, 7) is 9.24. The third kappa shape index (κ3) is 6.05. The normalized spacial score (nSPS) is 22.3. The van der Waals surface area contributed by atoms with Crippen LogP contribution in [0.1, 0.15) is 39.5 Å². The van der Waals surface area contributed by atoms with E-state index in [0.717, 1.165) is 31.5 Å². The maximum atomic E-state index is 5.69. The lowest BCUT2D eigenvalue weighted by atomic mass is 9.97. The summed E-state index contributed by atoms with van der Waals surface area (Å²) in [5, 5.41) is 3.66. The molecule has 1 aliphatic heterocycles. The van der Waals surface area contributed by atoms with Crippen molar-refractivity contribution in [3.63, 3.8) is 0 Å². The van der Waals surface area contributed by atoms with E-state index in [2.05, 4.69) is 10.2 Å². The SMILES string of the molecule is CCOP(CN1CCC(CNC2CC2)CC1)OCC. The minimum Gasteiger partial charge on any atom is -0.333 e. The van der Waals surface area contributed by atoms with E-state index in [-0.39, 0.29) is 0 Å². The van der Waals surface area contributed by atoms with Crippen LogP contribution in [-0.2, 0) is 9.05 Å². The van der Waals surface area contributed by atoms with E-state index in [1.165, 1.54) is 45.3 Å². The molecule has 2 rings (SSSR count). The molecule has 0 bridgehead atoms. The summed E-state index contributed by atoms with van der Waals surface area (Å²) < 4.78 is 11.4. The molecule has 4 nitrogen and oxygen atoms in total. The molecule has 112 valence electrons. The van der Waals surface area contributed by atoms with Crippen molar-refractivity contribution in [2.75, 3.05) is 39.1 Å². The number of likely N-dealkylation sites (tertiary alicyclic amines) is 1. The van der Waals surface area contributed by atoms with Crippen LogP contribution in [0.5, 0.6) is 0 Å². The van der Waals surface area contributed by atoms with E-state index in [1.807, 2.05) is 13.8 Å². The summed E-state index contributed by atoms with van der Waals surface area (Å²) in [7, 11) is -0.696. The van der Waals surface area contributed by atoms with Crippen LogP contribution in [0.4, 0.5) is 0 Å². The van der Waals surface area contributed by atoms with E-state index in [1.54, 1.807) is 0 Å². The minimum atomic E-state index is -0.696. The van der Waals surface area contributed by atoms with Crippen molar-refractivity contribution in [1.82, 2.24) is 10.2 Å². The van der Waals surface area contributed by atoms with Gasteiger partial charge in [-0.2, -0.15) is 0 Å². The van der Waals surface area contributed by atoms with Crippen LogP contribution >= 0.6 is 8.38 Å². The molecule has 0 atom stereocenters. The van der Waals surface area contributed by atoms with E-state index in [9.17, 15) is 0 Å². The highest BCUT2D eigenvalue weighted by Gasteiger charge is 2.25. The molecule has 1 saturated heterocycles.